The van der Waals surface area contributed by atoms with Gasteiger partial charge in [0.2, 0.25) is 11.8 Å². The number of imide groups is 1. The number of carbonyl (C=O) groups is 4. The van der Waals surface area contributed by atoms with Crippen LogP contribution < -0.4 is 10.2 Å². The smallest absolute Gasteiger partial charge is 0.427 e. The fourth-order valence-electron chi connectivity index (χ4n) is 5.62. The molecule has 3 aliphatic heterocycles. The van der Waals surface area contributed by atoms with Crippen molar-refractivity contribution in [1.82, 2.24) is 15.4 Å². The lowest BCUT2D eigenvalue weighted by Crippen LogP contribution is -2.53. The van der Waals surface area contributed by atoms with Gasteiger partial charge in [-0.15, -0.1) is 5.06 Å². The Bertz CT molecular complexity index is 1540. The Balaban J connectivity index is 1.42. The number of fused-ring (bicyclic) bond motifs is 1. The summed E-state index contributed by atoms with van der Waals surface area (Å²) in [5.74, 6) is -1.14. The van der Waals surface area contributed by atoms with Crippen molar-refractivity contribution in [2.24, 2.45) is 0 Å². The van der Waals surface area contributed by atoms with Gasteiger partial charge in [0.05, 0.1) is 29.4 Å². The zero-order chi connectivity index (χ0) is 27.5. The zero-order valence-corrected chi connectivity index (χ0v) is 21.9. The Morgan fingerprint density at radius 2 is 1.79 bits per heavy atom. The Kier molecular flexibility index (Phi) is 5.87. The summed E-state index contributed by atoms with van der Waals surface area (Å²) in [5, 5.41) is 4.59. The summed E-state index contributed by atoms with van der Waals surface area (Å²) in [4.78, 5) is 62.5. The first-order valence-corrected chi connectivity index (χ1v) is 12.9. The minimum absolute atomic E-state index is 0.161. The minimum Gasteiger partial charge on any atom is -0.427 e. The highest BCUT2D eigenvalue weighted by molar-refractivity contribution is 6.27. The second kappa shape index (κ2) is 9.16. The number of nitrogens with one attached hydrogen (secondary N) is 1. The number of hydrogen-bond acceptors (Lipinski definition) is 8. The van der Waals surface area contributed by atoms with Crippen LogP contribution >= 0.6 is 0 Å². The Labute approximate surface area is 224 Å². The lowest BCUT2D eigenvalue weighted by molar-refractivity contribution is -0.177. The highest BCUT2D eigenvalue weighted by atomic mass is 16.8. The van der Waals surface area contributed by atoms with E-state index in [2.05, 4.69) is 16.4 Å². The molecule has 3 aromatic rings. The van der Waals surface area contributed by atoms with Crippen LogP contribution in [0, 0.1) is 0 Å². The van der Waals surface area contributed by atoms with Crippen LogP contribution in [-0.4, -0.2) is 45.6 Å². The number of rotatable bonds is 3. The molecule has 2 atom stereocenters. The Morgan fingerprint density at radius 1 is 1.03 bits per heavy atom. The first kappa shape index (κ1) is 25.0. The number of ether oxygens (including phenoxy) is 1. The minimum atomic E-state index is -0.801. The second-order valence-corrected chi connectivity index (χ2v) is 11.0. The van der Waals surface area contributed by atoms with Gasteiger partial charge in [0, 0.05) is 18.0 Å². The van der Waals surface area contributed by atoms with Crippen molar-refractivity contribution in [3.63, 3.8) is 0 Å². The maximum Gasteiger partial charge on any atom is 0.528 e. The average molecular weight is 529 g/mol. The summed E-state index contributed by atoms with van der Waals surface area (Å²) < 4.78 is 5.43. The van der Waals surface area contributed by atoms with E-state index in [0.717, 1.165) is 16.7 Å². The van der Waals surface area contributed by atoms with Gasteiger partial charge < -0.3 is 9.57 Å². The molecule has 10 heteroatoms. The quantitative estimate of drug-likeness (QED) is 0.401. The fraction of sp³-hybridized carbons (Fsp3) is 0.345. The van der Waals surface area contributed by atoms with E-state index in [0.29, 0.717) is 35.1 Å². The van der Waals surface area contributed by atoms with Crippen LogP contribution in [0.1, 0.15) is 66.7 Å². The third-order valence-corrected chi connectivity index (χ3v) is 7.28. The summed E-state index contributed by atoms with van der Waals surface area (Å²) >= 11 is 0. The lowest BCUT2D eigenvalue weighted by atomic mass is 9.89. The molecule has 3 amide bonds. The van der Waals surface area contributed by atoms with Crippen molar-refractivity contribution in [2.75, 3.05) is 4.90 Å². The monoisotopic (exact) mass is 528 g/mol. The zero-order valence-electron chi connectivity index (χ0n) is 21.9. The molecule has 6 rings (SSSR count). The van der Waals surface area contributed by atoms with Gasteiger partial charge in [-0.3, -0.25) is 29.6 Å². The first-order chi connectivity index (χ1) is 18.6. The molecule has 1 fully saturated rings. The van der Waals surface area contributed by atoms with Crippen LogP contribution in [0.2, 0.25) is 0 Å². The highest BCUT2D eigenvalue weighted by Crippen LogP contribution is 2.43. The van der Waals surface area contributed by atoms with Crippen molar-refractivity contribution < 1.29 is 28.8 Å². The van der Waals surface area contributed by atoms with E-state index in [4.69, 9.17) is 9.57 Å². The van der Waals surface area contributed by atoms with Crippen LogP contribution in [-0.2, 0) is 32.1 Å². The largest absolute Gasteiger partial charge is 0.528 e. The average Bonchev–Trinajstić information content (AvgIpc) is 3.16. The van der Waals surface area contributed by atoms with E-state index in [-0.39, 0.29) is 24.7 Å². The van der Waals surface area contributed by atoms with E-state index >= 15 is 0 Å². The molecule has 3 aliphatic rings. The van der Waals surface area contributed by atoms with E-state index in [1.807, 2.05) is 24.3 Å². The molecule has 200 valence electrons. The van der Waals surface area contributed by atoms with Gasteiger partial charge in [0.15, 0.2) is 0 Å². The molecular formula is C29H28N4O6. The number of anilines is 1. The lowest BCUT2D eigenvalue weighted by Gasteiger charge is -2.36. The number of hydroxylamine groups is 2. The van der Waals surface area contributed by atoms with Crippen LogP contribution in [0.5, 0.6) is 0 Å². The predicted octanol–water partition coefficient (Wildman–Crippen LogP) is 3.97. The third kappa shape index (κ3) is 4.40. The fourth-order valence-corrected chi connectivity index (χ4v) is 5.62. The van der Waals surface area contributed by atoms with Gasteiger partial charge in [0.25, 0.3) is 5.91 Å². The first-order valence-electron chi connectivity index (χ1n) is 12.9. The number of carbonyl (C=O) groups excluding carboxylic acids is 4. The molecular weight excluding hydrogens is 500 g/mol. The summed E-state index contributed by atoms with van der Waals surface area (Å²) in [6.45, 7) is 5.67. The summed E-state index contributed by atoms with van der Waals surface area (Å²) in [6, 6.07) is 12.1. The topological polar surface area (TPSA) is 118 Å². The molecule has 0 bridgehead atoms. The molecule has 1 N–H and O–H groups in total. The summed E-state index contributed by atoms with van der Waals surface area (Å²) in [6.07, 6.45) is 1.76. The number of aromatic nitrogens is 1. The number of piperidine rings is 1. The summed E-state index contributed by atoms with van der Waals surface area (Å²) in [5.41, 5.74) is 3.84. The number of amides is 3. The molecule has 4 heterocycles. The van der Waals surface area contributed by atoms with Crippen LogP contribution in [0.15, 0.2) is 48.7 Å². The molecule has 1 saturated heterocycles. The van der Waals surface area contributed by atoms with Gasteiger partial charge in [-0.1, -0.05) is 30.3 Å². The maximum absolute atomic E-state index is 13.5. The SMILES string of the molecule is CC(C)(C)OC(=O)ON1Cc2ccccc2C[C@H]1c1ccc2c3c(ccnc13)N(C1CCC(=O)NC1=O)C2=O. The molecule has 0 saturated carbocycles. The van der Waals surface area contributed by atoms with Crippen molar-refractivity contribution in [3.05, 3.63) is 70.9 Å². The van der Waals surface area contributed by atoms with Crippen molar-refractivity contribution in [2.45, 2.75) is 64.3 Å². The van der Waals surface area contributed by atoms with Gasteiger partial charge in [-0.05, 0) is 62.4 Å². The predicted molar refractivity (Wildman–Crippen MR) is 140 cm³/mol. The number of hydrogen-bond donors (Lipinski definition) is 1. The number of benzene rings is 2. The van der Waals surface area contributed by atoms with Crippen molar-refractivity contribution in [3.8, 4) is 0 Å². The van der Waals surface area contributed by atoms with Crippen molar-refractivity contribution >= 4 is 40.5 Å². The van der Waals surface area contributed by atoms with Gasteiger partial charge >= 0.3 is 6.16 Å². The Hall–Kier alpha value is -4.31. The molecule has 0 radical (unpaired) electrons. The number of pyridine rings is 1. The third-order valence-electron chi connectivity index (χ3n) is 7.28. The molecule has 2 aromatic carbocycles. The maximum atomic E-state index is 13.5. The standard InChI is InChI=1S/C29H28N4O6/c1-29(2,3)38-28(37)39-32-15-17-7-5-4-6-16(17)14-22(32)18-8-9-19-24-20(12-13-30-25(18)24)33(27(19)36)21-10-11-23(34)31-26(21)35/h4-9,12-13,21-22H,10-11,14-15H2,1-3H3,(H,31,34,35)/t21?,22-/m0/s1. The van der Waals surface area contributed by atoms with E-state index < -0.39 is 29.7 Å². The van der Waals surface area contributed by atoms with Crippen LogP contribution in [0.25, 0.3) is 10.9 Å². The number of nitrogens with zero attached hydrogens (tertiary/aromatic N) is 3. The summed E-state index contributed by atoms with van der Waals surface area (Å²) in [7, 11) is 0. The normalized spacial score (nSPS) is 21.1. The van der Waals surface area contributed by atoms with E-state index in [1.54, 1.807) is 44.2 Å². The molecule has 39 heavy (non-hydrogen) atoms. The van der Waals surface area contributed by atoms with E-state index in [1.165, 1.54) is 4.90 Å². The van der Waals surface area contributed by atoms with Gasteiger partial charge in [-0.25, -0.2) is 4.79 Å². The highest BCUT2D eigenvalue weighted by Gasteiger charge is 2.42. The molecule has 1 aromatic heterocycles. The second-order valence-electron chi connectivity index (χ2n) is 11.0. The van der Waals surface area contributed by atoms with Crippen LogP contribution in [0.4, 0.5) is 10.5 Å². The van der Waals surface area contributed by atoms with Gasteiger partial charge in [-0.2, -0.15) is 0 Å². The van der Waals surface area contributed by atoms with Crippen LogP contribution in [0.3, 0.4) is 0 Å². The Morgan fingerprint density at radius 3 is 2.54 bits per heavy atom. The molecule has 1 unspecified atom stereocenters. The van der Waals surface area contributed by atoms with E-state index in [9.17, 15) is 19.2 Å². The molecule has 10 nitrogen and oxygen atoms in total. The van der Waals surface area contributed by atoms with Gasteiger partial charge in [0.1, 0.15) is 11.6 Å². The molecule has 0 spiro atoms. The molecule has 0 aliphatic carbocycles. The van der Waals surface area contributed by atoms with Crippen molar-refractivity contribution in [1.29, 1.82) is 0 Å².